The molecular formula is C11H12BrF3N2O3. The highest BCUT2D eigenvalue weighted by Crippen LogP contribution is 2.37. The monoisotopic (exact) mass is 356 g/mol. The molecular weight excluding hydrogens is 345 g/mol. The second kappa shape index (κ2) is 6.31. The van der Waals surface area contributed by atoms with Crippen molar-refractivity contribution in [3.63, 3.8) is 0 Å². The summed E-state index contributed by atoms with van der Waals surface area (Å²) in [6.45, 7) is -1.37. The quantitative estimate of drug-likeness (QED) is 0.751. The molecule has 1 atom stereocenters. The van der Waals surface area contributed by atoms with Gasteiger partial charge in [0.1, 0.15) is 6.04 Å². The minimum Gasteiger partial charge on any atom is -0.503 e. The van der Waals surface area contributed by atoms with E-state index < -0.39 is 24.7 Å². The number of methoxy groups -OCH3 is 1. The molecule has 0 heterocycles. The molecule has 4 N–H and O–H groups in total. The third kappa shape index (κ3) is 4.27. The molecule has 0 fully saturated rings. The Morgan fingerprint density at radius 1 is 1.55 bits per heavy atom. The van der Waals surface area contributed by atoms with Gasteiger partial charge in [0.2, 0.25) is 5.91 Å². The van der Waals surface area contributed by atoms with E-state index in [0.717, 1.165) is 0 Å². The number of hydrogen-bond acceptors (Lipinski definition) is 4. The Bertz CT molecular complexity index is 508. The lowest BCUT2D eigenvalue weighted by atomic mass is 10.1. The molecule has 1 unspecified atom stereocenters. The second-order valence-corrected chi connectivity index (χ2v) is 4.74. The van der Waals surface area contributed by atoms with Crippen LogP contribution in [0.2, 0.25) is 0 Å². The minimum atomic E-state index is -4.48. The first-order valence-electron chi connectivity index (χ1n) is 5.31. The van der Waals surface area contributed by atoms with Gasteiger partial charge in [-0.25, -0.2) is 0 Å². The zero-order valence-corrected chi connectivity index (χ0v) is 11.9. The van der Waals surface area contributed by atoms with Crippen LogP contribution in [-0.4, -0.2) is 30.8 Å². The number of alkyl halides is 3. The van der Waals surface area contributed by atoms with E-state index in [2.05, 4.69) is 15.9 Å². The molecule has 112 valence electrons. The second-order valence-electron chi connectivity index (χ2n) is 3.89. The summed E-state index contributed by atoms with van der Waals surface area (Å²) in [5.74, 6) is -1.20. The maximum Gasteiger partial charge on any atom is 0.401 e. The Hall–Kier alpha value is -1.48. The van der Waals surface area contributed by atoms with Gasteiger partial charge < -0.3 is 15.6 Å². The van der Waals surface area contributed by atoms with E-state index >= 15 is 0 Å². The van der Waals surface area contributed by atoms with E-state index in [-0.39, 0.29) is 21.5 Å². The molecule has 1 aromatic rings. The number of carbonyl (C=O) groups excluding carboxylic acids is 1. The SMILES string of the molecule is COc1cc(C(NCC(F)(F)F)C(N)=O)cc(Br)c1O. The van der Waals surface area contributed by atoms with E-state index in [1.807, 2.05) is 5.32 Å². The molecule has 0 saturated heterocycles. The molecule has 0 bridgehead atoms. The standard InChI is InChI=1S/C11H12BrF3N2O3/c1-20-7-3-5(2-6(12)9(7)18)8(10(16)19)17-4-11(13,14)15/h2-3,8,17-18H,4H2,1H3,(H2,16,19). The number of amides is 1. The summed E-state index contributed by atoms with van der Waals surface area (Å²) >= 11 is 3.01. The normalized spacial score (nSPS) is 13.1. The first-order valence-corrected chi connectivity index (χ1v) is 6.11. The number of hydrogen-bond donors (Lipinski definition) is 3. The molecule has 0 radical (unpaired) electrons. The third-order valence-electron chi connectivity index (χ3n) is 2.40. The van der Waals surface area contributed by atoms with Gasteiger partial charge in [-0.1, -0.05) is 0 Å². The fraction of sp³-hybridized carbons (Fsp3) is 0.364. The van der Waals surface area contributed by atoms with Crippen LogP contribution in [0.3, 0.4) is 0 Å². The number of halogens is 4. The summed E-state index contributed by atoms with van der Waals surface area (Å²) in [6.07, 6.45) is -4.48. The van der Waals surface area contributed by atoms with Crippen LogP contribution < -0.4 is 15.8 Å². The van der Waals surface area contributed by atoms with Crippen molar-refractivity contribution >= 4 is 21.8 Å². The Morgan fingerprint density at radius 3 is 2.60 bits per heavy atom. The number of aromatic hydroxyl groups is 1. The van der Waals surface area contributed by atoms with Gasteiger partial charge in [0.25, 0.3) is 0 Å². The first kappa shape index (κ1) is 16.6. The zero-order chi connectivity index (χ0) is 15.5. The maximum atomic E-state index is 12.2. The Morgan fingerprint density at radius 2 is 2.15 bits per heavy atom. The number of nitrogens with one attached hydrogen (secondary N) is 1. The maximum absolute atomic E-state index is 12.2. The number of phenols is 1. The van der Waals surface area contributed by atoms with Gasteiger partial charge in [0.15, 0.2) is 11.5 Å². The van der Waals surface area contributed by atoms with Crippen LogP contribution >= 0.6 is 15.9 Å². The van der Waals surface area contributed by atoms with E-state index in [1.165, 1.54) is 19.2 Å². The van der Waals surface area contributed by atoms with Crippen LogP contribution in [0.15, 0.2) is 16.6 Å². The molecule has 1 amide bonds. The fourth-order valence-corrected chi connectivity index (χ4v) is 1.98. The number of benzene rings is 1. The predicted molar refractivity (Wildman–Crippen MR) is 68.4 cm³/mol. The minimum absolute atomic E-state index is 0.00873. The van der Waals surface area contributed by atoms with Gasteiger partial charge in [0, 0.05) is 0 Å². The van der Waals surface area contributed by atoms with Crippen molar-refractivity contribution in [2.45, 2.75) is 12.2 Å². The van der Waals surface area contributed by atoms with Crippen molar-refractivity contribution in [2.24, 2.45) is 5.73 Å². The summed E-state index contributed by atoms with van der Waals surface area (Å²) < 4.78 is 41.6. The lowest BCUT2D eigenvalue weighted by Crippen LogP contribution is -2.39. The number of nitrogens with two attached hydrogens (primary N) is 1. The van der Waals surface area contributed by atoms with E-state index in [1.54, 1.807) is 0 Å². The number of ether oxygens (including phenoxy) is 1. The van der Waals surface area contributed by atoms with Gasteiger partial charge in [0.05, 0.1) is 18.1 Å². The van der Waals surface area contributed by atoms with Crippen LogP contribution in [0.5, 0.6) is 11.5 Å². The molecule has 0 aliphatic rings. The number of carbonyl (C=O) groups is 1. The van der Waals surface area contributed by atoms with E-state index in [0.29, 0.717) is 0 Å². The smallest absolute Gasteiger partial charge is 0.401 e. The number of phenolic OH excluding ortho intramolecular Hbond substituents is 1. The van der Waals surface area contributed by atoms with Crippen LogP contribution in [0.1, 0.15) is 11.6 Å². The van der Waals surface area contributed by atoms with Crippen molar-refractivity contribution in [2.75, 3.05) is 13.7 Å². The zero-order valence-electron chi connectivity index (χ0n) is 10.3. The number of primary amides is 1. The average Bonchev–Trinajstić information content (AvgIpc) is 2.31. The molecule has 1 aromatic carbocycles. The van der Waals surface area contributed by atoms with E-state index in [9.17, 15) is 23.1 Å². The predicted octanol–water partition coefficient (Wildman–Crippen LogP) is 1.84. The van der Waals surface area contributed by atoms with Gasteiger partial charge in [-0.3, -0.25) is 10.1 Å². The molecule has 0 aliphatic carbocycles. The van der Waals surface area contributed by atoms with Crippen molar-refractivity contribution in [3.8, 4) is 11.5 Å². The third-order valence-corrected chi connectivity index (χ3v) is 3.00. The highest BCUT2D eigenvalue weighted by atomic mass is 79.9. The molecule has 0 aliphatic heterocycles. The fourth-order valence-electron chi connectivity index (χ4n) is 1.52. The molecule has 5 nitrogen and oxygen atoms in total. The van der Waals surface area contributed by atoms with Crippen molar-refractivity contribution in [1.82, 2.24) is 5.32 Å². The Balaban J connectivity index is 3.09. The highest BCUT2D eigenvalue weighted by molar-refractivity contribution is 9.10. The molecule has 1 rings (SSSR count). The lowest BCUT2D eigenvalue weighted by Gasteiger charge is -2.18. The van der Waals surface area contributed by atoms with Crippen molar-refractivity contribution < 1.29 is 27.8 Å². The van der Waals surface area contributed by atoms with E-state index in [4.69, 9.17) is 10.5 Å². The van der Waals surface area contributed by atoms with Gasteiger partial charge in [-0.15, -0.1) is 0 Å². The van der Waals surface area contributed by atoms with Crippen molar-refractivity contribution in [1.29, 1.82) is 0 Å². The molecule has 9 heteroatoms. The topological polar surface area (TPSA) is 84.6 Å². The molecule has 0 spiro atoms. The Labute approximate surface area is 121 Å². The number of rotatable bonds is 5. The summed E-state index contributed by atoms with van der Waals surface area (Å²) in [4.78, 5) is 11.3. The largest absolute Gasteiger partial charge is 0.503 e. The van der Waals surface area contributed by atoms with Crippen molar-refractivity contribution in [3.05, 3.63) is 22.2 Å². The summed E-state index contributed by atoms with van der Waals surface area (Å²) in [7, 11) is 1.27. The summed E-state index contributed by atoms with van der Waals surface area (Å²) in [6, 6.07) is 1.16. The molecule has 0 saturated carbocycles. The van der Waals surface area contributed by atoms with Gasteiger partial charge in [-0.2, -0.15) is 13.2 Å². The highest BCUT2D eigenvalue weighted by Gasteiger charge is 2.30. The molecule has 20 heavy (non-hydrogen) atoms. The molecule has 0 aromatic heterocycles. The van der Waals surface area contributed by atoms with Crippen LogP contribution in [0.4, 0.5) is 13.2 Å². The van der Waals surface area contributed by atoms with Gasteiger partial charge >= 0.3 is 6.18 Å². The van der Waals surface area contributed by atoms with Crippen LogP contribution in [0.25, 0.3) is 0 Å². The lowest BCUT2D eigenvalue weighted by molar-refractivity contribution is -0.130. The van der Waals surface area contributed by atoms with Crippen LogP contribution in [-0.2, 0) is 4.79 Å². The van der Waals surface area contributed by atoms with Gasteiger partial charge in [-0.05, 0) is 33.6 Å². The Kier molecular flexibility index (Phi) is 5.23. The summed E-state index contributed by atoms with van der Waals surface area (Å²) in [5, 5.41) is 11.6. The first-order chi connectivity index (χ1) is 9.15. The summed E-state index contributed by atoms with van der Waals surface area (Å²) in [5.41, 5.74) is 5.23. The van der Waals surface area contributed by atoms with Crippen LogP contribution in [0, 0.1) is 0 Å². The average molecular weight is 357 g/mol.